The average Bonchev–Trinajstić information content (AvgIpc) is 2.49. The van der Waals surface area contributed by atoms with Gasteiger partial charge >= 0.3 is 0 Å². The minimum Gasteiger partial charge on any atom is -0.388 e. The summed E-state index contributed by atoms with van der Waals surface area (Å²) < 4.78 is 0. The van der Waals surface area contributed by atoms with Crippen molar-refractivity contribution in [3.63, 3.8) is 0 Å². The molecule has 0 fully saturated rings. The lowest BCUT2D eigenvalue weighted by molar-refractivity contribution is -0.115. The summed E-state index contributed by atoms with van der Waals surface area (Å²) in [5.41, 5.74) is 1.23. The summed E-state index contributed by atoms with van der Waals surface area (Å²) in [7, 11) is 0. The molecule has 4 heteroatoms. The van der Waals surface area contributed by atoms with Crippen LogP contribution in [0.15, 0.2) is 36.0 Å². The van der Waals surface area contributed by atoms with E-state index in [0.29, 0.717) is 10.7 Å². The Balaban J connectivity index is 2.12. The van der Waals surface area contributed by atoms with Crippen molar-refractivity contribution in [1.82, 2.24) is 0 Å². The quantitative estimate of drug-likeness (QED) is 0.806. The second kappa shape index (κ2) is 4.04. The van der Waals surface area contributed by atoms with Gasteiger partial charge in [0, 0.05) is 17.1 Å². The highest BCUT2D eigenvalue weighted by molar-refractivity contribution is 6.30. The molecule has 3 nitrogen and oxygen atoms in total. The lowest BCUT2D eigenvalue weighted by atomic mass is 10.2. The van der Waals surface area contributed by atoms with Crippen LogP contribution < -0.4 is 5.32 Å². The standard InChI is InChI=1S/C11H10ClNO2/c12-7-1-3-8(4-2-7)13-10-5-9(14)6-11(10)15/h1-5,9,13-14H,6H2/t9-/m1/s1. The van der Waals surface area contributed by atoms with Crippen LogP contribution in [0.25, 0.3) is 0 Å². The molecule has 1 aromatic carbocycles. The molecule has 2 rings (SSSR count). The zero-order valence-electron chi connectivity index (χ0n) is 7.90. The van der Waals surface area contributed by atoms with Gasteiger partial charge in [0.05, 0.1) is 11.8 Å². The topological polar surface area (TPSA) is 49.3 Å². The lowest BCUT2D eigenvalue weighted by Gasteiger charge is -2.05. The molecule has 2 N–H and O–H groups in total. The molecule has 0 aliphatic heterocycles. The number of allylic oxidation sites excluding steroid dienone is 1. The molecule has 0 unspecified atom stereocenters. The summed E-state index contributed by atoms with van der Waals surface area (Å²) in [6.45, 7) is 0. The molecule has 15 heavy (non-hydrogen) atoms. The Morgan fingerprint density at radius 3 is 2.53 bits per heavy atom. The molecule has 0 saturated heterocycles. The zero-order chi connectivity index (χ0) is 10.8. The number of hydrogen-bond donors (Lipinski definition) is 2. The van der Waals surface area contributed by atoms with E-state index in [0.717, 1.165) is 5.69 Å². The molecule has 1 atom stereocenters. The summed E-state index contributed by atoms with van der Waals surface area (Å²) >= 11 is 5.73. The summed E-state index contributed by atoms with van der Waals surface area (Å²) in [6.07, 6.45) is 1.03. The second-order valence-corrected chi connectivity index (χ2v) is 3.84. The molecular weight excluding hydrogens is 214 g/mol. The van der Waals surface area contributed by atoms with E-state index in [9.17, 15) is 9.90 Å². The fourth-order valence-corrected chi connectivity index (χ4v) is 1.57. The Hall–Kier alpha value is -1.32. The average molecular weight is 224 g/mol. The third-order valence-corrected chi connectivity index (χ3v) is 2.43. The van der Waals surface area contributed by atoms with Gasteiger partial charge in [-0.2, -0.15) is 0 Å². The number of benzene rings is 1. The highest BCUT2D eigenvalue weighted by atomic mass is 35.5. The van der Waals surface area contributed by atoms with Crippen LogP contribution in [-0.4, -0.2) is 17.0 Å². The first-order chi connectivity index (χ1) is 7.15. The summed E-state index contributed by atoms with van der Waals surface area (Å²) in [6, 6.07) is 7.03. The van der Waals surface area contributed by atoms with Crippen LogP contribution in [0, 0.1) is 0 Å². The molecule has 0 amide bonds. The number of halogens is 1. The number of nitrogens with one attached hydrogen (secondary N) is 1. The van der Waals surface area contributed by atoms with Gasteiger partial charge in [-0.25, -0.2) is 0 Å². The van der Waals surface area contributed by atoms with E-state index in [1.165, 1.54) is 6.08 Å². The number of Topliss-reactive ketones (excluding diaryl/α,β-unsaturated/α-hetero) is 1. The number of carbonyl (C=O) groups excluding carboxylic acids is 1. The van der Waals surface area contributed by atoms with Gasteiger partial charge in [0.1, 0.15) is 0 Å². The fourth-order valence-electron chi connectivity index (χ4n) is 1.44. The van der Waals surface area contributed by atoms with Crippen molar-refractivity contribution in [2.75, 3.05) is 5.32 Å². The highest BCUT2D eigenvalue weighted by Crippen LogP contribution is 2.19. The van der Waals surface area contributed by atoms with Gasteiger partial charge in [0.25, 0.3) is 0 Å². The van der Waals surface area contributed by atoms with Crippen LogP contribution in [-0.2, 0) is 4.79 Å². The van der Waals surface area contributed by atoms with Crippen molar-refractivity contribution >= 4 is 23.1 Å². The van der Waals surface area contributed by atoms with Crippen LogP contribution >= 0.6 is 11.6 Å². The monoisotopic (exact) mass is 223 g/mol. The molecule has 0 saturated carbocycles. The first kappa shape index (κ1) is 10.2. The first-order valence-electron chi connectivity index (χ1n) is 4.61. The molecule has 0 heterocycles. The van der Waals surface area contributed by atoms with Gasteiger partial charge in [-0.3, -0.25) is 4.79 Å². The van der Waals surface area contributed by atoms with Crippen molar-refractivity contribution < 1.29 is 9.90 Å². The van der Waals surface area contributed by atoms with Gasteiger partial charge in [-0.05, 0) is 30.3 Å². The van der Waals surface area contributed by atoms with Gasteiger partial charge < -0.3 is 10.4 Å². The van der Waals surface area contributed by atoms with Crippen molar-refractivity contribution in [2.45, 2.75) is 12.5 Å². The molecule has 1 aliphatic rings. The summed E-state index contributed by atoms with van der Waals surface area (Å²) in [5, 5.41) is 12.8. The van der Waals surface area contributed by atoms with E-state index >= 15 is 0 Å². The number of hydrogen-bond acceptors (Lipinski definition) is 3. The minimum absolute atomic E-state index is 0.0718. The van der Waals surface area contributed by atoms with E-state index in [4.69, 9.17) is 11.6 Å². The molecule has 0 bridgehead atoms. The SMILES string of the molecule is O=C1C[C@H](O)C=C1Nc1ccc(Cl)cc1. The van der Waals surface area contributed by atoms with Crippen LogP contribution in [0.2, 0.25) is 5.02 Å². The van der Waals surface area contributed by atoms with Crippen LogP contribution in [0.4, 0.5) is 5.69 Å². The number of rotatable bonds is 2. The van der Waals surface area contributed by atoms with Crippen molar-refractivity contribution in [1.29, 1.82) is 0 Å². The molecule has 78 valence electrons. The second-order valence-electron chi connectivity index (χ2n) is 3.41. The maximum atomic E-state index is 11.3. The fraction of sp³-hybridized carbons (Fsp3) is 0.182. The number of aliphatic hydroxyl groups is 1. The van der Waals surface area contributed by atoms with Crippen LogP contribution in [0.1, 0.15) is 6.42 Å². The predicted molar refractivity (Wildman–Crippen MR) is 58.8 cm³/mol. The Morgan fingerprint density at radius 1 is 1.33 bits per heavy atom. The third kappa shape index (κ3) is 2.37. The van der Waals surface area contributed by atoms with Gasteiger partial charge in [0.2, 0.25) is 0 Å². The molecule has 0 radical (unpaired) electrons. The molecular formula is C11H10ClNO2. The molecule has 1 aliphatic carbocycles. The number of anilines is 1. The summed E-state index contributed by atoms with van der Waals surface area (Å²) in [5.74, 6) is -0.0718. The Labute approximate surface area is 92.4 Å². The maximum Gasteiger partial charge on any atom is 0.181 e. The smallest absolute Gasteiger partial charge is 0.181 e. The largest absolute Gasteiger partial charge is 0.388 e. The predicted octanol–water partition coefficient (Wildman–Crippen LogP) is 1.97. The normalized spacial score (nSPS) is 20.3. The van der Waals surface area contributed by atoms with Gasteiger partial charge in [-0.1, -0.05) is 11.6 Å². The van der Waals surface area contributed by atoms with Crippen molar-refractivity contribution in [2.24, 2.45) is 0 Å². The number of ketones is 1. The number of aliphatic hydroxyl groups excluding tert-OH is 1. The van der Waals surface area contributed by atoms with Crippen LogP contribution in [0.5, 0.6) is 0 Å². The van der Waals surface area contributed by atoms with E-state index in [2.05, 4.69) is 5.32 Å². The lowest BCUT2D eigenvalue weighted by Crippen LogP contribution is -2.07. The van der Waals surface area contributed by atoms with Crippen molar-refractivity contribution in [3.05, 3.63) is 41.1 Å². The van der Waals surface area contributed by atoms with Crippen molar-refractivity contribution in [3.8, 4) is 0 Å². The first-order valence-corrected chi connectivity index (χ1v) is 4.98. The summed E-state index contributed by atoms with van der Waals surface area (Å²) in [4.78, 5) is 11.3. The van der Waals surface area contributed by atoms with Gasteiger partial charge in [0.15, 0.2) is 5.78 Å². The van der Waals surface area contributed by atoms with Gasteiger partial charge in [-0.15, -0.1) is 0 Å². The molecule has 0 aromatic heterocycles. The minimum atomic E-state index is -0.660. The van der Waals surface area contributed by atoms with E-state index in [-0.39, 0.29) is 12.2 Å². The van der Waals surface area contributed by atoms with E-state index < -0.39 is 6.10 Å². The van der Waals surface area contributed by atoms with Crippen LogP contribution in [0.3, 0.4) is 0 Å². The Kier molecular flexibility index (Phi) is 2.75. The zero-order valence-corrected chi connectivity index (χ0v) is 8.66. The number of carbonyl (C=O) groups is 1. The third-order valence-electron chi connectivity index (χ3n) is 2.18. The molecule has 1 aromatic rings. The Bertz CT molecular complexity index is 411. The van der Waals surface area contributed by atoms with E-state index in [1.807, 2.05) is 0 Å². The Morgan fingerprint density at radius 2 is 2.00 bits per heavy atom. The van der Waals surface area contributed by atoms with E-state index in [1.54, 1.807) is 24.3 Å². The highest BCUT2D eigenvalue weighted by Gasteiger charge is 2.21. The molecule has 0 spiro atoms. The maximum absolute atomic E-state index is 11.3.